The van der Waals surface area contributed by atoms with Crippen molar-refractivity contribution >= 4 is 28.2 Å². The van der Waals surface area contributed by atoms with Gasteiger partial charge in [-0.1, -0.05) is 0 Å². The highest BCUT2D eigenvalue weighted by molar-refractivity contribution is 7.18. The Bertz CT molecular complexity index is 979. The number of hydrogen-bond acceptors (Lipinski definition) is 6. The van der Waals surface area contributed by atoms with Gasteiger partial charge in [0.2, 0.25) is 5.91 Å². The number of aromatic nitrogens is 1. The van der Waals surface area contributed by atoms with E-state index in [9.17, 15) is 14.0 Å². The van der Waals surface area contributed by atoms with Gasteiger partial charge in [0, 0.05) is 18.4 Å². The molecule has 0 saturated carbocycles. The molecule has 2 heterocycles. The van der Waals surface area contributed by atoms with Gasteiger partial charge in [0.25, 0.3) is 0 Å². The van der Waals surface area contributed by atoms with Gasteiger partial charge in [-0.3, -0.25) is 4.79 Å². The lowest BCUT2D eigenvalue weighted by atomic mass is 10.2. The Balaban J connectivity index is 1.56. The summed E-state index contributed by atoms with van der Waals surface area (Å²) >= 11 is 1.18. The molecule has 0 fully saturated rings. The van der Waals surface area contributed by atoms with Crippen molar-refractivity contribution in [2.75, 3.05) is 11.9 Å². The monoisotopic (exact) mass is 402 g/mol. The third-order valence-electron chi connectivity index (χ3n) is 3.89. The highest BCUT2D eigenvalue weighted by Gasteiger charge is 2.16. The molecular weight excluding hydrogens is 383 g/mol. The van der Waals surface area contributed by atoms with Gasteiger partial charge in [-0.05, 0) is 49.7 Å². The Morgan fingerprint density at radius 2 is 2.04 bits per heavy atom. The van der Waals surface area contributed by atoms with E-state index < -0.39 is 5.97 Å². The molecular formula is C20H19FN2O4S. The van der Waals surface area contributed by atoms with Crippen molar-refractivity contribution < 1.29 is 23.1 Å². The van der Waals surface area contributed by atoms with Crippen LogP contribution in [0.3, 0.4) is 0 Å². The number of aryl methyl sites for hydroxylation is 2. The van der Waals surface area contributed by atoms with E-state index >= 15 is 0 Å². The first-order valence-corrected chi connectivity index (χ1v) is 9.56. The predicted molar refractivity (Wildman–Crippen MR) is 104 cm³/mol. The summed E-state index contributed by atoms with van der Waals surface area (Å²) < 4.78 is 23.6. The summed E-state index contributed by atoms with van der Waals surface area (Å²) in [5, 5.41) is 3.36. The van der Waals surface area contributed by atoms with Gasteiger partial charge in [0.1, 0.15) is 10.7 Å². The van der Waals surface area contributed by atoms with Crippen molar-refractivity contribution in [3.05, 3.63) is 58.7 Å². The number of nitrogens with zero attached hydrogens (tertiary/aromatic N) is 1. The van der Waals surface area contributed by atoms with Gasteiger partial charge >= 0.3 is 5.97 Å². The average Bonchev–Trinajstić information content (AvgIpc) is 3.27. The maximum absolute atomic E-state index is 13.0. The first-order valence-electron chi connectivity index (χ1n) is 8.74. The summed E-state index contributed by atoms with van der Waals surface area (Å²) in [5.74, 6) is 0.0132. The lowest BCUT2D eigenvalue weighted by Crippen LogP contribution is -2.11. The summed E-state index contributed by atoms with van der Waals surface area (Å²) in [6, 6.07) is 7.64. The number of anilines is 1. The molecule has 1 amide bonds. The molecule has 8 heteroatoms. The fourth-order valence-electron chi connectivity index (χ4n) is 2.54. The number of benzene rings is 1. The number of ether oxygens (including phenoxy) is 1. The molecule has 3 aromatic rings. The van der Waals surface area contributed by atoms with Crippen LogP contribution in [-0.2, 0) is 16.0 Å². The number of thiophene rings is 1. The van der Waals surface area contributed by atoms with Gasteiger partial charge in [-0.2, -0.15) is 0 Å². The summed E-state index contributed by atoms with van der Waals surface area (Å²) in [6.45, 7) is 3.84. The van der Waals surface area contributed by atoms with E-state index in [-0.39, 0.29) is 18.1 Å². The van der Waals surface area contributed by atoms with Crippen LogP contribution in [0.4, 0.5) is 9.39 Å². The van der Waals surface area contributed by atoms with E-state index in [0.29, 0.717) is 40.1 Å². The van der Waals surface area contributed by atoms with Crippen LogP contribution >= 0.6 is 11.3 Å². The number of halogens is 1. The fraction of sp³-hybridized carbons (Fsp3) is 0.250. The van der Waals surface area contributed by atoms with Gasteiger partial charge in [-0.25, -0.2) is 14.2 Å². The van der Waals surface area contributed by atoms with Crippen molar-refractivity contribution in [1.82, 2.24) is 4.98 Å². The van der Waals surface area contributed by atoms with Crippen LogP contribution in [0.5, 0.6) is 0 Å². The van der Waals surface area contributed by atoms with E-state index in [0.717, 1.165) is 5.56 Å². The number of hydrogen-bond donors (Lipinski definition) is 1. The zero-order valence-corrected chi connectivity index (χ0v) is 16.3. The molecule has 2 aromatic heterocycles. The summed E-state index contributed by atoms with van der Waals surface area (Å²) in [6.07, 6.45) is 2.05. The van der Waals surface area contributed by atoms with E-state index in [1.807, 2.05) is 0 Å². The molecule has 1 N–H and O–H groups in total. The van der Waals surface area contributed by atoms with Crippen molar-refractivity contribution in [2.45, 2.75) is 26.7 Å². The molecule has 0 aliphatic carbocycles. The quantitative estimate of drug-likeness (QED) is 0.584. The number of oxazole rings is 1. The minimum atomic E-state index is -0.390. The van der Waals surface area contributed by atoms with Gasteiger partial charge in [0.05, 0.1) is 17.8 Å². The topological polar surface area (TPSA) is 81.4 Å². The standard InChI is InChI=1S/C20H19FN2O4S/c1-3-26-20(25)19-12(2)10-18(28-19)23-16(24)8-9-17-22-11-15(27-17)13-4-6-14(21)7-5-13/h4-7,10-11H,3,8-9H2,1-2H3,(H,23,24). The Morgan fingerprint density at radius 1 is 1.29 bits per heavy atom. The second-order valence-electron chi connectivity index (χ2n) is 6.02. The minimum absolute atomic E-state index is 0.176. The van der Waals surface area contributed by atoms with Crippen molar-refractivity contribution in [3.63, 3.8) is 0 Å². The number of esters is 1. The molecule has 0 radical (unpaired) electrons. The largest absolute Gasteiger partial charge is 0.462 e. The Hall–Kier alpha value is -3.00. The van der Waals surface area contributed by atoms with Crippen LogP contribution in [0.25, 0.3) is 11.3 Å². The summed E-state index contributed by atoms with van der Waals surface area (Å²) in [7, 11) is 0. The van der Waals surface area contributed by atoms with Crippen molar-refractivity contribution in [2.24, 2.45) is 0 Å². The maximum atomic E-state index is 13.0. The van der Waals surface area contributed by atoms with Crippen LogP contribution in [0.1, 0.15) is 34.5 Å². The Morgan fingerprint density at radius 3 is 2.75 bits per heavy atom. The molecule has 146 valence electrons. The van der Waals surface area contributed by atoms with Gasteiger partial charge in [0.15, 0.2) is 11.7 Å². The number of nitrogens with one attached hydrogen (secondary N) is 1. The molecule has 0 aliphatic rings. The lowest BCUT2D eigenvalue weighted by Gasteiger charge is -2.01. The number of rotatable bonds is 7. The minimum Gasteiger partial charge on any atom is -0.462 e. The molecule has 0 unspecified atom stereocenters. The zero-order valence-electron chi connectivity index (χ0n) is 15.5. The van der Waals surface area contributed by atoms with Crippen LogP contribution in [0.2, 0.25) is 0 Å². The third-order valence-corrected chi connectivity index (χ3v) is 5.02. The molecule has 0 spiro atoms. The highest BCUT2D eigenvalue weighted by Crippen LogP contribution is 2.27. The second-order valence-corrected chi connectivity index (χ2v) is 7.07. The molecule has 28 heavy (non-hydrogen) atoms. The van der Waals surface area contributed by atoms with Gasteiger partial charge < -0.3 is 14.5 Å². The normalized spacial score (nSPS) is 10.7. The molecule has 3 rings (SSSR count). The van der Waals surface area contributed by atoms with Crippen LogP contribution in [0, 0.1) is 12.7 Å². The summed E-state index contributed by atoms with van der Waals surface area (Å²) in [4.78, 5) is 28.7. The van der Waals surface area contributed by atoms with Crippen molar-refractivity contribution in [1.29, 1.82) is 0 Å². The Labute approximate surface area is 165 Å². The smallest absolute Gasteiger partial charge is 0.348 e. The number of carbonyl (C=O) groups excluding carboxylic acids is 2. The van der Waals surface area contributed by atoms with Crippen LogP contribution in [-0.4, -0.2) is 23.5 Å². The molecule has 0 atom stereocenters. The molecule has 0 bridgehead atoms. The number of amides is 1. The number of carbonyl (C=O) groups is 2. The lowest BCUT2D eigenvalue weighted by molar-refractivity contribution is -0.116. The molecule has 1 aromatic carbocycles. The second kappa shape index (κ2) is 8.79. The fourth-order valence-corrected chi connectivity index (χ4v) is 3.52. The van der Waals surface area contributed by atoms with Crippen LogP contribution in [0.15, 0.2) is 40.9 Å². The SMILES string of the molecule is CCOC(=O)c1sc(NC(=O)CCc2ncc(-c3ccc(F)cc3)o2)cc1C. The van der Waals surface area contributed by atoms with E-state index in [1.165, 1.54) is 23.5 Å². The third kappa shape index (κ3) is 4.83. The first-order chi connectivity index (χ1) is 13.5. The highest BCUT2D eigenvalue weighted by atomic mass is 32.1. The van der Waals surface area contributed by atoms with E-state index in [1.54, 1.807) is 38.2 Å². The maximum Gasteiger partial charge on any atom is 0.348 e. The summed E-state index contributed by atoms with van der Waals surface area (Å²) in [5.41, 5.74) is 1.47. The van der Waals surface area contributed by atoms with Crippen LogP contribution < -0.4 is 5.32 Å². The van der Waals surface area contributed by atoms with Gasteiger partial charge in [-0.15, -0.1) is 11.3 Å². The predicted octanol–water partition coefficient (Wildman–Crippen LogP) is 4.60. The Kier molecular flexibility index (Phi) is 6.20. The zero-order chi connectivity index (χ0) is 20.1. The molecule has 0 saturated heterocycles. The van der Waals surface area contributed by atoms with Crippen molar-refractivity contribution in [3.8, 4) is 11.3 Å². The first kappa shape index (κ1) is 19.8. The average molecular weight is 402 g/mol. The molecule has 6 nitrogen and oxygen atoms in total. The van der Waals surface area contributed by atoms with E-state index in [2.05, 4.69) is 10.3 Å². The van der Waals surface area contributed by atoms with E-state index in [4.69, 9.17) is 9.15 Å². The molecule has 0 aliphatic heterocycles.